The van der Waals surface area contributed by atoms with Gasteiger partial charge in [-0.15, -0.1) is 0 Å². The number of nitrogens with zero attached hydrogens (tertiary/aromatic N) is 2. The van der Waals surface area contributed by atoms with Gasteiger partial charge < -0.3 is 10.0 Å². The number of carboxylic acids is 1. The number of benzene rings is 1. The number of likely N-dealkylation sites (tertiary alicyclic amines) is 1. The van der Waals surface area contributed by atoms with E-state index in [4.69, 9.17) is 0 Å². The van der Waals surface area contributed by atoms with Gasteiger partial charge in [-0.05, 0) is 24.1 Å². The summed E-state index contributed by atoms with van der Waals surface area (Å²) in [6.07, 6.45) is 1.95. The summed E-state index contributed by atoms with van der Waals surface area (Å²) in [5.74, 6) is -1.63. The number of carbonyl (C=O) groups excluding carboxylic acids is 1. The van der Waals surface area contributed by atoms with Crippen LogP contribution in [0.2, 0.25) is 0 Å². The number of carboxylic acid groups (broad SMARTS) is 1. The molecule has 0 unspecified atom stereocenters. The summed E-state index contributed by atoms with van der Waals surface area (Å²) in [6.45, 7) is 2.60. The number of carbonyl (C=O) groups is 2. The van der Waals surface area contributed by atoms with Gasteiger partial charge in [-0.1, -0.05) is 36.4 Å². The van der Waals surface area contributed by atoms with E-state index in [1.807, 2.05) is 49.4 Å². The summed E-state index contributed by atoms with van der Waals surface area (Å²) in [6, 6.07) is 13.3. The summed E-state index contributed by atoms with van der Waals surface area (Å²) >= 11 is 0. The molecule has 0 radical (unpaired) electrons. The second-order valence-corrected chi connectivity index (χ2v) is 6.25. The molecule has 124 valence electrons. The van der Waals surface area contributed by atoms with Gasteiger partial charge in [0.2, 0.25) is 5.91 Å². The van der Waals surface area contributed by atoms with Crippen molar-refractivity contribution in [2.45, 2.75) is 19.3 Å². The predicted octanol–water partition coefficient (Wildman–Crippen LogP) is 2.26. The molecule has 1 amide bonds. The molecule has 5 nitrogen and oxygen atoms in total. The monoisotopic (exact) mass is 324 g/mol. The molecule has 2 atom stereocenters. The number of aromatic nitrogens is 1. The molecule has 1 saturated heterocycles. The normalized spacial score (nSPS) is 20.1. The fourth-order valence-electron chi connectivity index (χ4n) is 3.19. The molecule has 1 aliphatic rings. The zero-order valence-corrected chi connectivity index (χ0v) is 13.6. The van der Waals surface area contributed by atoms with Crippen LogP contribution < -0.4 is 0 Å². The van der Waals surface area contributed by atoms with E-state index >= 15 is 0 Å². The van der Waals surface area contributed by atoms with Crippen molar-refractivity contribution in [1.82, 2.24) is 9.88 Å². The first-order valence-electron chi connectivity index (χ1n) is 8.01. The molecule has 3 rings (SSSR count). The second kappa shape index (κ2) is 6.83. The number of hydrogen-bond acceptors (Lipinski definition) is 3. The van der Waals surface area contributed by atoms with Gasteiger partial charge in [0.15, 0.2) is 0 Å². The van der Waals surface area contributed by atoms with Crippen LogP contribution in [0, 0.1) is 12.8 Å². The van der Waals surface area contributed by atoms with Crippen molar-refractivity contribution in [3.63, 3.8) is 0 Å². The predicted molar refractivity (Wildman–Crippen MR) is 89.6 cm³/mol. The molecule has 1 fully saturated rings. The third kappa shape index (κ3) is 3.45. The number of pyridine rings is 1. The van der Waals surface area contributed by atoms with Crippen molar-refractivity contribution in [3.8, 4) is 0 Å². The lowest BCUT2D eigenvalue weighted by Crippen LogP contribution is -2.31. The highest BCUT2D eigenvalue weighted by Crippen LogP contribution is 2.33. The fraction of sp³-hybridized carbons (Fsp3) is 0.316. The number of amides is 1. The van der Waals surface area contributed by atoms with Crippen LogP contribution in [0.3, 0.4) is 0 Å². The van der Waals surface area contributed by atoms with Gasteiger partial charge >= 0.3 is 5.97 Å². The molecule has 1 aliphatic heterocycles. The third-order valence-corrected chi connectivity index (χ3v) is 4.55. The molecule has 1 aromatic heterocycles. The second-order valence-electron chi connectivity index (χ2n) is 6.25. The Balaban J connectivity index is 1.74. The van der Waals surface area contributed by atoms with E-state index < -0.39 is 11.9 Å². The van der Waals surface area contributed by atoms with E-state index in [9.17, 15) is 14.7 Å². The van der Waals surface area contributed by atoms with Crippen LogP contribution in [-0.4, -0.2) is 40.0 Å². The summed E-state index contributed by atoms with van der Waals surface area (Å²) in [5, 5.41) is 9.52. The van der Waals surface area contributed by atoms with Crippen LogP contribution in [0.1, 0.15) is 22.7 Å². The zero-order chi connectivity index (χ0) is 17.1. The Bertz CT molecular complexity index is 728. The molecule has 0 aliphatic carbocycles. The van der Waals surface area contributed by atoms with Crippen molar-refractivity contribution in [2.24, 2.45) is 5.92 Å². The van der Waals surface area contributed by atoms with Gasteiger partial charge in [0, 0.05) is 30.9 Å². The number of aryl methyl sites for hydroxylation is 1. The van der Waals surface area contributed by atoms with Gasteiger partial charge in [-0.25, -0.2) is 0 Å². The number of aliphatic carboxylic acids is 1. The third-order valence-electron chi connectivity index (χ3n) is 4.55. The molecule has 2 heterocycles. The Morgan fingerprint density at radius 1 is 1.17 bits per heavy atom. The molecule has 1 aromatic carbocycles. The Morgan fingerprint density at radius 3 is 2.54 bits per heavy atom. The molecule has 0 bridgehead atoms. The minimum Gasteiger partial charge on any atom is -0.481 e. The van der Waals surface area contributed by atoms with Gasteiger partial charge in [0.1, 0.15) is 0 Å². The maximum Gasteiger partial charge on any atom is 0.308 e. The SMILES string of the molecule is Cc1ccc(CC(=O)N2C[C@H](C(=O)O)[C@H](c3ccccc3)C2)cn1. The Morgan fingerprint density at radius 2 is 1.92 bits per heavy atom. The fourth-order valence-corrected chi connectivity index (χ4v) is 3.19. The van der Waals surface area contributed by atoms with E-state index in [0.29, 0.717) is 6.54 Å². The van der Waals surface area contributed by atoms with Gasteiger partial charge in [0.05, 0.1) is 12.3 Å². The van der Waals surface area contributed by atoms with E-state index in [1.54, 1.807) is 11.1 Å². The van der Waals surface area contributed by atoms with Gasteiger partial charge in [-0.3, -0.25) is 14.6 Å². The summed E-state index contributed by atoms with van der Waals surface area (Å²) in [5.41, 5.74) is 2.72. The van der Waals surface area contributed by atoms with Crippen molar-refractivity contribution in [2.75, 3.05) is 13.1 Å². The van der Waals surface area contributed by atoms with E-state index in [-0.39, 0.29) is 24.8 Å². The minimum atomic E-state index is -0.851. The lowest BCUT2D eigenvalue weighted by molar-refractivity contribution is -0.141. The average Bonchev–Trinajstić information content (AvgIpc) is 3.03. The Hall–Kier alpha value is -2.69. The highest BCUT2D eigenvalue weighted by Gasteiger charge is 2.40. The van der Waals surface area contributed by atoms with Crippen LogP contribution in [0.4, 0.5) is 0 Å². The highest BCUT2D eigenvalue weighted by molar-refractivity contribution is 5.81. The number of rotatable bonds is 4. The molecule has 0 saturated carbocycles. The first-order valence-corrected chi connectivity index (χ1v) is 8.01. The number of hydrogen-bond donors (Lipinski definition) is 1. The van der Waals surface area contributed by atoms with Crippen molar-refractivity contribution in [1.29, 1.82) is 0 Å². The van der Waals surface area contributed by atoms with E-state index in [1.165, 1.54) is 0 Å². The standard InChI is InChI=1S/C19H20N2O3/c1-13-7-8-14(10-20-13)9-18(22)21-11-16(17(12-21)19(23)24)15-5-3-2-4-6-15/h2-8,10,16-17H,9,11-12H2,1H3,(H,23,24)/t16-,17-/m0/s1. The molecular weight excluding hydrogens is 304 g/mol. The molecule has 24 heavy (non-hydrogen) atoms. The maximum absolute atomic E-state index is 12.5. The first kappa shape index (κ1) is 16.2. The topological polar surface area (TPSA) is 70.5 Å². The summed E-state index contributed by atoms with van der Waals surface area (Å²) in [4.78, 5) is 30.0. The van der Waals surface area contributed by atoms with Crippen molar-refractivity contribution < 1.29 is 14.7 Å². The quantitative estimate of drug-likeness (QED) is 0.936. The molecule has 2 aromatic rings. The Labute approximate surface area is 140 Å². The first-order chi connectivity index (χ1) is 11.5. The van der Waals surface area contributed by atoms with Crippen LogP contribution in [0.5, 0.6) is 0 Å². The summed E-state index contributed by atoms with van der Waals surface area (Å²) < 4.78 is 0. The molecule has 1 N–H and O–H groups in total. The minimum absolute atomic E-state index is 0.0506. The van der Waals surface area contributed by atoms with Crippen LogP contribution in [0.15, 0.2) is 48.7 Å². The van der Waals surface area contributed by atoms with Crippen LogP contribution >= 0.6 is 0 Å². The van der Waals surface area contributed by atoms with E-state index in [2.05, 4.69) is 4.98 Å². The van der Waals surface area contributed by atoms with Crippen LogP contribution in [-0.2, 0) is 16.0 Å². The molecule has 0 spiro atoms. The zero-order valence-electron chi connectivity index (χ0n) is 13.6. The Kier molecular flexibility index (Phi) is 4.60. The summed E-state index contributed by atoms with van der Waals surface area (Å²) in [7, 11) is 0. The molecular formula is C19H20N2O3. The molecule has 5 heteroatoms. The lowest BCUT2D eigenvalue weighted by Gasteiger charge is -2.16. The largest absolute Gasteiger partial charge is 0.481 e. The lowest BCUT2D eigenvalue weighted by atomic mass is 9.89. The average molecular weight is 324 g/mol. The maximum atomic E-state index is 12.5. The smallest absolute Gasteiger partial charge is 0.308 e. The van der Waals surface area contributed by atoms with E-state index in [0.717, 1.165) is 16.8 Å². The highest BCUT2D eigenvalue weighted by atomic mass is 16.4. The van der Waals surface area contributed by atoms with Gasteiger partial charge in [0.25, 0.3) is 0 Å². The van der Waals surface area contributed by atoms with Crippen molar-refractivity contribution in [3.05, 3.63) is 65.5 Å². The van der Waals surface area contributed by atoms with Crippen LogP contribution in [0.25, 0.3) is 0 Å². The van der Waals surface area contributed by atoms with Gasteiger partial charge in [-0.2, -0.15) is 0 Å². The van der Waals surface area contributed by atoms with Crippen molar-refractivity contribution >= 4 is 11.9 Å².